The number of rotatable bonds is 15. The fourth-order valence-electron chi connectivity index (χ4n) is 3.20. The first kappa shape index (κ1) is 24.9. The molecule has 0 atom stereocenters. The number of allylic oxidation sites excluding steroid dienone is 2. The van der Waals surface area contributed by atoms with Crippen molar-refractivity contribution in [1.82, 2.24) is 5.32 Å². The second-order valence-electron chi connectivity index (χ2n) is 7.58. The number of unbranched alkanes of at least 4 members (excludes halogenated alkanes) is 6. The minimum atomic E-state index is -0.235. The molecule has 0 aliphatic heterocycles. The van der Waals surface area contributed by atoms with Crippen LogP contribution in [0.5, 0.6) is 0 Å². The predicted octanol–water partition coefficient (Wildman–Crippen LogP) is 6.53. The zero-order chi connectivity index (χ0) is 21.5. The van der Waals surface area contributed by atoms with Gasteiger partial charge >= 0.3 is 0 Å². The lowest BCUT2D eigenvalue weighted by atomic mass is 10.1. The first-order valence-electron chi connectivity index (χ1n) is 11.0. The first-order chi connectivity index (χ1) is 14.0. The van der Waals surface area contributed by atoms with Gasteiger partial charge in [0.15, 0.2) is 5.78 Å². The van der Waals surface area contributed by atoms with Crippen LogP contribution in [0.3, 0.4) is 0 Å². The highest BCUT2D eigenvalue weighted by Gasteiger charge is 2.12. The van der Waals surface area contributed by atoms with Crippen molar-refractivity contribution in [3.8, 4) is 0 Å². The summed E-state index contributed by atoms with van der Waals surface area (Å²) in [5, 5.41) is 2.91. The van der Waals surface area contributed by atoms with E-state index < -0.39 is 0 Å². The second-order valence-corrected chi connectivity index (χ2v) is 7.58. The molecule has 1 aromatic rings. The topological polar surface area (TPSA) is 44.7 Å². The highest BCUT2D eigenvalue weighted by Crippen LogP contribution is 2.25. The van der Waals surface area contributed by atoms with Crippen molar-refractivity contribution < 1.29 is 9.18 Å². The van der Waals surface area contributed by atoms with Crippen molar-refractivity contribution in [2.24, 2.45) is 4.99 Å². The third-order valence-corrected chi connectivity index (χ3v) is 4.76. The van der Waals surface area contributed by atoms with Gasteiger partial charge in [-0.1, -0.05) is 52.4 Å². The predicted molar refractivity (Wildman–Crippen MR) is 123 cm³/mol. The van der Waals surface area contributed by atoms with Crippen LogP contribution >= 0.6 is 0 Å². The molecular weight excluding hydrogens is 365 g/mol. The van der Waals surface area contributed by atoms with Crippen molar-refractivity contribution in [3.63, 3.8) is 0 Å². The number of aliphatic imine (C=N–C) groups is 1. The van der Waals surface area contributed by atoms with Crippen LogP contribution in [0.1, 0.15) is 79.1 Å². The van der Waals surface area contributed by atoms with Gasteiger partial charge in [-0.25, -0.2) is 9.38 Å². The lowest BCUT2D eigenvalue weighted by molar-refractivity contribution is -0.112. The molecule has 0 amide bonds. The molecule has 0 aliphatic rings. The van der Waals surface area contributed by atoms with E-state index in [4.69, 9.17) is 0 Å². The van der Waals surface area contributed by atoms with E-state index in [1.807, 2.05) is 12.1 Å². The molecule has 0 aliphatic carbocycles. The number of carbonyl (C=O) groups excluding carboxylic acids is 1. The minimum absolute atomic E-state index is 0.0308. The summed E-state index contributed by atoms with van der Waals surface area (Å²) in [5.74, 6) is -0.265. The highest BCUT2D eigenvalue weighted by molar-refractivity contribution is 5.88. The number of hydrogen-bond acceptors (Lipinski definition) is 3. The Morgan fingerprint density at radius 1 is 1.03 bits per heavy atom. The maximum atomic E-state index is 14.8. The van der Waals surface area contributed by atoms with Gasteiger partial charge in [0.25, 0.3) is 0 Å². The number of ketones is 1. The first-order valence-corrected chi connectivity index (χ1v) is 11.0. The molecule has 162 valence electrons. The quantitative estimate of drug-likeness (QED) is 0.157. The Morgan fingerprint density at radius 3 is 2.17 bits per heavy atom. The highest BCUT2D eigenvalue weighted by atomic mass is 19.1. The van der Waals surface area contributed by atoms with Crippen molar-refractivity contribution in [2.45, 2.75) is 79.1 Å². The SMILES string of the molecule is CCCCCCN(CCCCCC)c1ccc(N=CN/C(C)=C\C(C)=O)cc1F. The van der Waals surface area contributed by atoms with Crippen molar-refractivity contribution in [1.29, 1.82) is 0 Å². The third-order valence-electron chi connectivity index (χ3n) is 4.76. The molecule has 1 N–H and O–H groups in total. The lowest BCUT2D eigenvalue weighted by Crippen LogP contribution is -2.26. The Hall–Kier alpha value is -2.17. The molecule has 0 unspecified atom stereocenters. The van der Waals surface area contributed by atoms with Crippen molar-refractivity contribution in [2.75, 3.05) is 18.0 Å². The van der Waals surface area contributed by atoms with Crippen LogP contribution in [0.4, 0.5) is 15.8 Å². The molecule has 0 heterocycles. The summed E-state index contributed by atoms with van der Waals surface area (Å²) in [6.07, 6.45) is 12.4. The fraction of sp³-hybridized carbons (Fsp3) is 0.583. The number of halogens is 1. The Morgan fingerprint density at radius 2 is 1.66 bits per heavy atom. The van der Waals surface area contributed by atoms with Crippen LogP contribution in [0.2, 0.25) is 0 Å². The van der Waals surface area contributed by atoms with E-state index in [0.717, 1.165) is 25.9 Å². The number of nitrogens with one attached hydrogen (secondary N) is 1. The van der Waals surface area contributed by atoms with Gasteiger partial charge in [-0.05, 0) is 44.9 Å². The smallest absolute Gasteiger partial charge is 0.154 e. The van der Waals surface area contributed by atoms with Crippen LogP contribution in [0.25, 0.3) is 0 Å². The number of anilines is 1. The molecule has 29 heavy (non-hydrogen) atoms. The zero-order valence-corrected chi connectivity index (χ0v) is 18.6. The molecule has 5 heteroatoms. The summed E-state index contributed by atoms with van der Waals surface area (Å²) in [6, 6.07) is 5.15. The average Bonchev–Trinajstić information content (AvgIpc) is 2.67. The number of carbonyl (C=O) groups is 1. The summed E-state index contributed by atoms with van der Waals surface area (Å²) in [6.45, 7) is 9.46. The van der Waals surface area contributed by atoms with E-state index >= 15 is 0 Å². The Bertz CT molecular complexity index is 658. The van der Waals surface area contributed by atoms with Crippen LogP contribution in [-0.4, -0.2) is 25.2 Å². The summed E-state index contributed by atoms with van der Waals surface area (Å²) >= 11 is 0. The number of benzene rings is 1. The van der Waals surface area contributed by atoms with Gasteiger partial charge in [0.05, 0.1) is 17.7 Å². The van der Waals surface area contributed by atoms with Gasteiger partial charge in [0, 0.05) is 24.9 Å². The van der Waals surface area contributed by atoms with Crippen molar-refractivity contribution >= 4 is 23.5 Å². The molecule has 4 nitrogen and oxygen atoms in total. The number of nitrogens with zero attached hydrogens (tertiary/aromatic N) is 2. The number of hydrogen-bond donors (Lipinski definition) is 1. The summed E-state index contributed by atoms with van der Waals surface area (Å²) < 4.78 is 14.8. The van der Waals surface area contributed by atoms with E-state index in [0.29, 0.717) is 17.1 Å². The summed E-state index contributed by atoms with van der Waals surface area (Å²) in [7, 11) is 0. The fourth-order valence-corrected chi connectivity index (χ4v) is 3.20. The van der Waals surface area contributed by atoms with E-state index in [-0.39, 0.29) is 11.6 Å². The normalized spacial score (nSPS) is 11.8. The molecule has 0 radical (unpaired) electrons. The van der Waals surface area contributed by atoms with Crippen LogP contribution in [-0.2, 0) is 4.79 Å². The van der Waals surface area contributed by atoms with Gasteiger partial charge in [0.1, 0.15) is 5.82 Å². The Labute approximate surface area is 176 Å². The van der Waals surface area contributed by atoms with Gasteiger partial charge in [-0.2, -0.15) is 0 Å². The average molecular weight is 404 g/mol. The van der Waals surface area contributed by atoms with Gasteiger partial charge in [-0.15, -0.1) is 0 Å². The van der Waals surface area contributed by atoms with Gasteiger partial charge < -0.3 is 10.2 Å². The molecule has 0 spiro atoms. The standard InChI is InChI=1S/C24H38FN3O/c1-5-7-9-11-15-28(16-12-10-8-6-2)24-14-13-22(18-23(24)25)27-19-26-20(3)17-21(4)29/h13-14,17-19H,5-12,15-16H2,1-4H3,(H,26,27)/b20-17-. The van der Waals surface area contributed by atoms with Crippen LogP contribution in [0.15, 0.2) is 35.0 Å². The summed E-state index contributed by atoms with van der Waals surface area (Å²) in [5.41, 5.74) is 1.91. The van der Waals surface area contributed by atoms with E-state index in [1.54, 1.807) is 6.92 Å². The Balaban J connectivity index is 2.78. The molecule has 0 bridgehead atoms. The second kappa shape index (κ2) is 14.8. The Kier molecular flexibility index (Phi) is 12.7. The van der Waals surface area contributed by atoms with Gasteiger partial charge in [-0.3, -0.25) is 4.79 Å². The van der Waals surface area contributed by atoms with Crippen LogP contribution in [0, 0.1) is 5.82 Å². The molecular formula is C24H38FN3O. The zero-order valence-electron chi connectivity index (χ0n) is 18.6. The molecule has 1 aromatic carbocycles. The van der Waals surface area contributed by atoms with E-state index in [9.17, 15) is 9.18 Å². The molecule has 0 saturated heterocycles. The third kappa shape index (κ3) is 10.8. The monoisotopic (exact) mass is 403 g/mol. The van der Waals surface area contributed by atoms with Crippen LogP contribution < -0.4 is 10.2 Å². The van der Waals surface area contributed by atoms with Crippen molar-refractivity contribution in [3.05, 3.63) is 35.8 Å². The van der Waals surface area contributed by atoms with Gasteiger partial charge in [0.2, 0.25) is 0 Å². The molecule has 0 saturated carbocycles. The molecule has 0 aromatic heterocycles. The maximum Gasteiger partial charge on any atom is 0.154 e. The maximum absolute atomic E-state index is 14.8. The van der Waals surface area contributed by atoms with E-state index in [1.165, 1.54) is 63.9 Å². The summed E-state index contributed by atoms with van der Waals surface area (Å²) in [4.78, 5) is 17.5. The largest absolute Gasteiger partial charge is 0.369 e. The molecule has 1 rings (SSSR count). The minimum Gasteiger partial charge on any atom is -0.369 e. The molecule has 0 fully saturated rings. The lowest BCUT2D eigenvalue weighted by Gasteiger charge is -2.25. The van der Waals surface area contributed by atoms with E-state index in [2.05, 4.69) is 29.1 Å².